The topological polar surface area (TPSA) is 140 Å². The van der Waals surface area contributed by atoms with E-state index in [2.05, 4.69) is 15.0 Å². The number of rotatable bonds is 8. The first-order valence-corrected chi connectivity index (χ1v) is 9.70. The molecule has 9 nitrogen and oxygen atoms in total. The fraction of sp³-hybridized carbons (Fsp3) is 0.235. The summed E-state index contributed by atoms with van der Waals surface area (Å²) in [7, 11) is -3.87. The summed E-state index contributed by atoms with van der Waals surface area (Å²) in [5.74, 6) is 0.165. The zero-order valence-electron chi connectivity index (χ0n) is 14.8. The van der Waals surface area contributed by atoms with Crippen LogP contribution in [0.4, 0.5) is 11.4 Å². The van der Waals surface area contributed by atoms with Gasteiger partial charge in [0.25, 0.3) is 5.69 Å². The van der Waals surface area contributed by atoms with Crippen LogP contribution in [0.1, 0.15) is 12.5 Å². The fourth-order valence-electron chi connectivity index (χ4n) is 2.26. The third kappa shape index (κ3) is 6.04. The molecular formula is C17H21N5O4S. The number of anilines is 1. The highest BCUT2D eigenvalue weighted by molar-refractivity contribution is 7.89. The minimum Gasteiger partial charge on any atom is -0.370 e. The van der Waals surface area contributed by atoms with E-state index in [0.717, 1.165) is 23.7 Å². The van der Waals surface area contributed by atoms with Gasteiger partial charge in [-0.3, -0.25) is 15.1 Å². The summed E-state index contributed by atoms with van der Waals surface area (Å²) in [6.07, 6.45) is 0.895. The van der Waals surface area contributed by atoms with Crippen molar-refractivity contribution >= 4 is 27.4 Å². The lowest BCUT2D eigenvalue weighted by molar-refractivity contribution is -0.385. The summed E-state index contributed by atoms with van der Waals surface area (Å²) >= 11 is 0. The maximum Gasteiger partial charge on any atom is 0.270 e. The van der Waals surface area contributed by atoms with Gasteiger partial charge in [0.15, 0.2) is 5.96 Å². The van der Waals surface area contributed by atoms with Gasteiger partial charge in [0.05, 0.1) is 16.4 Å². The van der Waals surface area contributed by atoms with E-state index in [1.165, 1.54) is 18.2 Å². The van der Waals surface area contributed by atoms with Crippen LogP contribution in [0.3, 0.4) is 0 Å². The second-order valence-corrected chi connectivity index (χ2v) is 7.37. The molecule has 0 amide bonds. The monoisotopic (exact) mass is 391 g/mol. The molecule has 10 heteroatoms. The van der Waals surface area contributed by atoms with Crippen molar-refractivity contribution in [1.82, 2.24) is 4.72 Å². The highest BCUT2D eigenvalue weighted by Crippen LogP contribution is 2.17. The molecule has 2 aromatic rings. The Morgan fingerprint density at radius 2 is 1.96 bits per heavy atom. The largest absolute Gasteiger partial charge is 0.370 e. The van der Waals surface area contributed by atoms with Crippen molar-refractivity contribution in [2.75, 3.05) is 18.4 Å². The van der Waals surface area contributed by atoms with Gasteiger partial charge in [0.1, 0.15) is 0 Å². The molecule has 0 radical (unpaired) electrons. The van der Waals surface area contributed by atoms with E-state index in [0.29, 0.717) is 0 Å². The maximum atomic E-state index is 12.2. The predicted molar refractivity (Wildman–Crippen MR) is 104 cm³/mol. The SMILES string of the molecule is CCc1cccc(NC(N)=NCCNS(=O)(=O)c2cccc([N+](=O)[O-])c2)c1. The Hall–Kier alpha value is -2.98. The zero-order valence-corrected chi connectivity index (χ0v) is 15.6. The second kappa shape index (κ2) is 9.10. The van der Waals surface area contributed by atoms with Crippen molar-refractivity contribution in [3.63, 3.8) is 0 Å². The normalized spacial score (nSPS) is 12.0. The van der Waals surface area contributed by atoms with E-state index in [1.807, 2.05) is 31.2 Å². The highest BCUT2D eigenvalue weighted by atomic mass is 32.2. The molecule has 0 heterocycles. The summed E-state index contributed by atoms with van der Waals surface area (Å²) in [5.41, 5.74) is 7.45. The maximum absolute atomic E-state index is 12.2. The van der Waals surface area contributed by atoms with Crippen molar-refractivity contribution in [1.29, 1.82) is 0 Å². The van der Waals surface area contributed by atoms with E-state index in [1.54, 1.807) is 0 Å². The number of benzene rings is 2. The minimum atomic E-state index is -3.87. The van der Waals surface area contributed by atoms with Crippen LogP contribution in [0.2, 0.25) is 0 Å². The van der Waals surface area contributed by atoms with Gasteiger partial charge in [0.2, 0.25) is 10.0 Å². The van der Waals surface area contributed by atoms with Gasteiger partial charge in [-0.05, 0) is 30.2 Å². The number of aryl methyl sites for hydroxylation is 1. The molecule has 0 saturated heterocycles. The molecule has 0 aromatic heterocycles. The average molecular weight is 391 g/mol. The number of nitrogens with zero attached hydrogens (tertiary/aromatic N) is 2. The molecule has 0 saturated carbocycles. The molecule has 4 N–H and O–H groups in total. The lowest BCUT2D eigenvalue weighted by Crippen LogP contribution is -2.28. The molecule has 0 unspecified atom stereocenters. The number of nitro groups is 1. The van der Waals surface area contributed by atoms with Crippen LogP contribution >= 0.6 is 0 Å². The number of nitro benzene ring substituents is 1. The summed E-state index contributed by atoms with van der Waals surface area (Å²) in [6.45, 7) is 2.16. The van der Waals surface area contributed by atoms with Gasteiger partial charge in [-0.2, -0.15) is 0 Å². The first-order valence-electron chi connectivity index (χ1n) is 8.22. The predicted octanol–water partition coefficient (Wildman–Crippen LogP) is 1.86. The smallest absolute Gasteiger partial charge is 0.270 e. The molecule has 0 bridgehead atoms. The molecule has 0 atom stereocenters. The summed E-state index contributed by atoms with van der Waals surface area (Å²) in [4.78, 5) is 14.0. The Morgan fingerprint density at radius 1 is 1.22 bits per heavy atom. The number of nitrogens with two attached hydrogens (primary N) is 1. The van der Waals surface area contributed by atoms with E-state index in [9.17, 15) is 18.5 Å². The molecule has 0 spiro atoms. The van der Waals surface area contributed by atoms with E-state index >= 15 is 0 Å². The number of hydrogen-bond donors (Lipinski definition) is 3. The highest BCUT2D eigenvalue weighted by Gasteiger charge is 2.16. The van der Waals surface area contributed by atoms with Crippen molar-refractivity contribution < 1.29 is 13.3 Å². The third-order valence-electron chi connectivity index (χ3n) is 3.63. The fourth-order valence-corrected chi connectivity index (χ4v) is 3.32. The van der Waals surface area contributed by atoms with Gasteiger partial charge < -0.3 is 11.1 Å². The molecule has 0 aliphatic heterocycles. The van der Waals surface area contributed by atoms with Crippen molar-refractivity contribution in [2.24, 2.45) is 10.7 Å². The lowest BCUT2D eigenvalue weighted by atomic mass is 10.1. The number of aliphatic imine (C=N–C) groups is 1. The van der Waals surface area contributed by atoms with E-state index in [4.69, 9.17) is 5.73 Å². The molecular weight excluding hydrogens is 370 g/mol. The van der Waals surface area contributed by atoms with E-state index < -0.39 is 14.9 Å². The number of guanidine groups is 1. The summed E-state index contributed by atoms with van der Waals surface area (Å²) in [5, 5.41) is 13.7. The van der Waals surface area contributed by atoms with Gasteiger partial charge in [-0.1, -0.05) is 25.1 Å². The lowest BCUT2D eigenvalue weighted by Gasteiger charge is -2.08. The van der Waals surface area contributed by atoms with Crippen LogP contribution in [-0.2, 0) is 16.4 Å². The molecule has 0 aliphatic rings. The van der Waals surface area contributed by atoms with Crippen LogP contribution < -0.4 is 15.8 Å². The Bertz CT molecular complexity index is 944. The third-order valence-corrected chi connectivity index (χ3v) is 5.09. The quantitative estimate of drug-likeness (QED) is 0.206. The van der Waals surface area contributed by atoms with Crippen LogP contribution in [0.5, 0.6) is 0 Å². The first kappa shape index (κ1) is 20.3. The zero-order chi connectivity index (χ0) is 19.9. The molecule has 0 fully saturated rings. The van der Waals surface area contributed by atoms with Crippen molar-refractivity contribution in [3.05, 3.63) is 64.2 Å². The van der Waals surface area contributed by atoms with Crippen LogP contribution in [0.25, 0.3) is 0 Å². The molecule has 2 rings (SSSR count). The summed E-state index contributed by atoms with van der Waals surface area (Å²) in [6, 6.07) is 12.5. The summed E-state index contributed by atoms with van der Waals surface area (Å²) < 4.78 is 26.7. The first-order chi connectivity index (χ1) is 12.8. The van der Waals surface area contributed by atoms with Crippen molar-refractivity contribution in [2.45, 2.75) is 18.2 Å². The van der Waals surface area contributed by atoms with Crippen LogP contribution in [0.15, 0.2) is 58.4 Å². The number of nitrogens with one attached hydrogen (secondary N) is 2. The average Bonchev–Trinajstić information content (AvgIpc) is 2.65. The number of hydrogen-bond acceptors (Lipinski definition) is 5. The van der Waals surface area contributed by atoms with Gasteiger partial charge >= 0.3 is 0 Å². The molecule has 2 aromatic carbocycles. The minimum absolute atomic E-state index is 0.00239. The Balaban J connectivity index is 1.91. The van der Waals surface area contributed by atoms with Gasteiger partial charge in [0, 0.05) is 24.4 Å². The molecule has 144 valence electrons. The van der Waals surface area contributed by atoms with Gasteiger partial charge in [-0.15, -0.1) is 0 Å². The Kier molecular flexibility index (Phi) is 6.85. The standard InChI is InChI=1S/C17H21N5O4S/c1-2-13-5-3-6-14(11-13)21-17(18)19-9-10-20-27(25,26)16-8-4-7-15(12-16)22(23)24/h3-8,11-12,20H,2,9-10H2,1H3,(H3,18,19,21). The van der Waals surface area contributed by atoms with Crippen LogP contribution in [-0.4, -0.2) is 32.4 Å². The number of non-ortho nitro benzene ring substituents is 1. The van der Waals surface area contributed by atoms with Crippen molar-refractivity contribution in [3.8, 4) is 0 Å². The van der Waals surface area contributed by atoms with Crippen LogP contribution in [0, 0.1) is 10.1 Å². The Morgan fingerprint density at radius 3 is 2.67 bits per heavy atom. The van der Waals surface area contributed by atoms with E-state index in [-0.39, 0.29) is 29.6 Å². The molecule has 27 heavy (non-hydrogen) atoms. The second-order valence-electron chi connectivity index (χ2n) is 5.60. The molecule has 0 aliphatic carbocycles. The Labute approximate surface area is 157 Å². The van der Waals surface area contributed by atoms with Gasteiger partial charge in [-0.25, -0.2) is 13.1 Å². The number of sulfonamides is 1.